The molecule has 4 N–H and O–H groups in total. The molecule has 0 saturated heterocycles. The number of nitrogens with two attached hydrogens (primary N) is 1. The molecule has 12 nitrogen and oxygen atoms in total. The number of halogens is 2. The molecular formula is C34H28Cl2N8O4. The monoisotopic (exact) mass is 682 g/mol. The molecule has 0 spiro atoms. The van der Waals surface area contributed by atoms with E-state index < -0.39 is 28.4 Å². The molecule has 2 aromatic carbocycles. The smallest absolute Gasteiger partial charge is 0.270 e. The summed E-state index contributed by atoms with van der Waals surface area (Å²) in [5.74, 6) is -1.73. The maximum atomic E-state index is 14.3. The highest BCUT2D eigenvalue weighted by molar-refractivity contribution is 6.35. The first-order valence-corrected chi connectivity index (χ1v) is 15.9. The molecule has 0 radical (unpaired) electrons. The molecule has 2 aliphatic carbocycles. The van der Waals surface area contributed by atoms with Crippen LogP contribution in [0.15, 0.2) is 67.0 Å². The number of amides is 4. The number of nitrogens with zero attached hydrogens (tertiary/aromatic N) is 5. The number of anilines is 2. The fourth-order valence-corrected chi connectivity index (χ4v) is 6.81. The maximum Gasteiger partial charge on any atom is 0.270 e. The number of hydrogen-bond donors (Lipinski definition) is 3. The fourth-order valence-electron chi connectivity index (χ4n) is 6.29. The molecule has 2 saturated carbocycles. The average Bonchev–Trinajstić information content (AvgIpc) is 3.96. The van der Waals surface area contributed by atoms with Gasteiger partial charge in [0.1, 0.15) is 16.8 Å². The summed E-state index contributed by atoms with van der Waals surface area (Å²) in [6, 6.07) is 16.7. The van der Waals surface area contributed by atoms with Gasteiger partial charge in [-0.25, -0.2) is 9.88 Å². The zero-order valence-corrected chi connectivity index (χ0v) is 27.1. The van der Waals surface area contributed by atoms with E-state index in [0.29, 0.717) is 52.7 Å². The Bertz CT molecular complexity index is 2060. The average molecular weight is 684 g/mol. The van der Waals surface area contributed by atoms with Crippen molar-refractivity contribution in [1.82, 2.24) is 25.2 Å². The van der Waals surface area contributed by atoms with Crippen molar-refractivity contribution >= 4 is 58.5 Å². The number of carbonyl (C=O) groups is 4. The van der Waals surface area contributed by atoms with E-state index in [0.717, 1.165) is 5.56 Å². The van der Waals surface area contributed by atoms with E-state index in [9.17, 15) is 24.4 Å². The molecule has 2 aromatic heterocycles. The molecule has 0 unspecified atom stereocenters. The second-order valence-electron chi connectivity index (χ2n) is 12.7. The Hall–Kier alpha value is -5.25. The Morgan fingerprint density at radius 2 is 1.67 bits per heavy atom. The van der Waals surface area contributed by atoms with Gasteiger partial charge in [-0.05, 0) is 80.6 Å². The molecule has 4 aromatic rings. The highest BCUT2D eigenvalue weighted by Crippen LogP contribution is 2.47. The Morgan fingerprint density at radius 3 is 2.27 bits per heavy atom. The van der Waals surface area contributed by atoms with Crippen LogP contribution in [0.3, 0.4) is 0 Å². The number of nitrogens with one attached hydrogen (secondary N) is 2. The topological polar surface area (TPSA) is 176 Å². The van der Waals surface area contributed by atoms with Crippen molar-refractivity contribution in [2.24, 2.45) is 5.73 Å². The van der Waals surface area contributed by atoms with Crippen LogP contribution in [-0.2, 0) is 27.1 Å². The highest BCUT2D eigenvalue weighted by Gasteiger charge is 2.57. The highest BCUT2D eigenvalue weighted by atomic mass is 35.5. The Morgan fingerprint density at radius 1 is 0.979 bits per heavy atom. The van der Waals surface area contributed by atoms with Crippen molar-refractivity contribution in [3.8, 4) is 6.07 Å². The molecule has 1 aliphatic heterocycles. The number of pyridine rings is 1. The lowest BCUT2D eigenvalue weighted by atomic mass is 9.91. The summed E-state index contributed by atoms with van der Waals surface area (Å²) in [5.41, 5.74) is 4.68. The van der Waals surface area contributed by atoms with Gasteiger partial charge in [-0.1, -0.05) is 35.3 Å². The van der Waals surface area contributed by atoms with Crippen molar-refractivity contribution < 1.29 is 19.2 Å². The summed E-state index contributed by atoms with van der Waals surface area (Å²) < 4.78 is 1.58. The number of hydrogen-bond acceptors (Lipinski definition) is 7. The number of carbonyl (C=O) groups excluding carboxylic acids is 4. The van der Waals surface area contributed by atoms with Gasteiger partial charge in [0.2, 0.25) is 17.8 Å². The third kappa shape index (κ3) is 5.25. The van der Waals surface area contributed by atoms with Crippen molar-refractivity contribution in [2.75, 3.05) is 4.90 Å². The van der Waals surface area contributed by atoms with Crippen LogP contribution in [-0.4, -0.2) is 43.7 Å². The minimum absolute atomic E-state index is 0.0844. The molecule has 2 fully saturated rings. The number of fused-ring (bicyclic) bond motifs is 1. The third-order valence-corrected chi connectivity index (χ3v) is 9.68. The molecule has 3 heterocycles. The second-order valence-corrected chi connectivity index (χ2v) is 13.5. The number of primary amides is 1. The molecule has 48 heavy (non-hydrogen) atoms. The Kier molecular flexibility index (Phi) is 7.30. The first-order chi connectivity index (χ1) is 22.9. The first-order valence-electron chi connectivity index (χ1n) is 15.2. The predicted octanol–water partition coefficient (Wildman–Crippen LogP) is 4.26. The molecule has 7 rings (SSSR count). The maximum absolute atomic E-state index is 14.3. The lowest BCUT2D eigenvalue weighted by molar-refractivity contribution is -0.125. The van der Waals surface area contributed by atoms with E-state index in [-0.39, 0.29) is 35.4 Å². The number of rotatable bonds is 9. The van der Waals surface area contributed by atoms with E-state index in [1.54, 1.807) is 60.0 Å². The largest absolute Gasteiger partial charge is 0.366 e. The minimum Gasteiger partial charge on any atom is -0.366 e. The Labute approximate surface area is 284 Å². The van der Waals surface area contributed by atoms with Crippen molar-refractivity contribution in [2.45, 2.75) is 55.6 Å². The predicted molar refractivity (Wildman–Crippen MR) is 176 cm³/mol. The molecular weight excluding hydrogens is 655 g/mol. The van der Waals surface area contributed by atoms with E-state index in [1.807, 2.05) is 0 Å². The van der Waals surface area contributed by atoms with Gasteiger partial charge in [-0.15, -0.1) is 0 Å². The van der Waals surface area contributed by atoms with Gasteiger partial charge in [-0.2, -0.15) is 5.26 Å². The van der Waals surface area contributed by atoms with Crippen LogP contribution in [0.4, 0.5) is 11.6 Å². The van der Waals surface area contributed by atoms with Crippen LogP contribution in [0, 0.1) is 11.3 Å². The van der Waals surface area contributed by atoms with Crippen LogP contribution in [0.1, 0.15) is 70.3 Å². The van der Waals surface area contributed by atoms with Gasteiger partial charge in [-0.3, -0.25) is 28.7 Å². The summed E-state index contributed by atoms with van der Waals surface area (Å²) in [6.45, 7) is 1.71. The zero-order valence-electron chi connectivity index (χ0n) is 25.6. The van der Waals surface area contributed by atoms with E-state index in [4.69, 9.17) is 28.9 Å². The van der Waals surface area contributed by atoms with Gasteiger partial charge in [0.05, 0.1) is 34.7 Å². The van der Waals surface area contributed by atoms with Crippen LogP contribution in [0.25, 0.3) is 0 Å². The number of benzene rings is 2. The van der Waals surface area contributed by atoms with Crippen LogP contribution in [0.5, 0.6) is 0 Å². The molecule has 14 heteroatoms. The van der Waals surface area contributed by atoms with E-state index in [2.05, 4.69) is 26.7 Å². The SMILES string of the molecule is C[C@@]1(Cc2ccc(C#N)cc2)C(=O)N(c2cc(Cl)cc(Cl)c2)c2ncc(C(=O)NC3(C(=O)NC4(c5cc(C(N)=O)ccn5)CC4)CC3)n21. The van der Waals surface area contributed by atoms with Gasteiger partial charge in [0.25, 0.3) is 11.8 Å². The van der Waals surface area contributed by atoms with Crippen LogP contribution in [0.2, 0.25) is 10.0 Å². The summed E-state index contributed by atoms with van der Waals surface area (Å²) in [5, 5.41) is 15.9. The van der Waals surface area contributed by atoms with Crippen molar-refractivity contribution in [1.29, 1.82) is 5.26 Å². The summed E-state index contributed by atoms with van der Waals surface area (Å²) in [7, 11) is 0. The van der Waals surface area contributed by atoms with Crippen molar-refractivity contribution in [3.63, 3.8) is 0 Å². The van der Waals surface area contributed by atoms with Crippen LogP contribution >= 0.6 is 23.2 Å². The molecule has 242 valence electrons. The first kappa shape index (κ1) is 31.4. The van der Waals surface area contributed by atoms with Gasteiger partial charge >= 0.3 is 0 Å². The number of nitriles is 1. The van der Waals surface area contributed by atoms with Crippen molar-refractivity contribution in [3.05, 3.63) is 105 Å². The standard InChI is InChI=1S/C34H28Cl2N8O4/c1-32(16-19-2-4-20(17-37)5-3-19)30(48)43(24-14-22(35)13-23(36)15-24)31-40-18-25(44(31)32)28(46)41-34(9-10-34)29(47)42-33(7-8-33)26-12-21(27(38)45)6-11-39-26/h2-6,11-15,18H,7-10,16H2,1H3,(H2,38,45)(H,41,46)(H,42,47)/t32-/m1/s1. The summed E-state index contributed by atoms with van der Waals surface area (Å²) in [4.78, 5) is 64.1. The Balaban J connectivity index is 1.20. The summed E-state index contributed by atoms with van der Waals surface area (Å²) >= 11 is 12.6. The lowest BCUT2D eigenvalue weighted by Gasteiger charge is -2.27. The second kappa shape index (κ2) is 11.2. The minimum atomic E-state index is -1.34. The molecule has 1 atom stereocenters. The normalized spacial score (nSPS) is 19.6. The fraction of sp³-hybridized carbons (Fsp3) is 0.265. The van der Waals surface area contributed by atoms with E-state index in [1.165, 1.54) is 23.4 Å². The van der Waals surface area contributed by atoms with Crippen LogP contribution < -0.4 is 21.3 Å². The van der Waals surface area contributed by atoms with Gasteiger partial charge in [0.15, 0.2) is 0 Å². The molecule has 3 aliphatic rings. The number of imidazole rings is 1. The summed E-state index contributed by atoms with van der Waals surface area (Å²) in [6.07, 6.45) is 5.07. The lowest BCUT2D eigenvalue weighted by Crippen LogP contribution is -2.52. The van der Waals surface area contributed by atoms with E-state index >= 15 is 0 Å². The quantitative estimate of drug-likeness (QED) is 0.236. The third-order valence-electron chi connectivity index (χ3n) is 9.25. The van der Waals surface area contributed by atoms with Gasteiger partial charge < -0.3 is 16.4 Å². The zero-order chi connectivity index (χ0) is 34.0. The van der Waals surface area contributed by atoms with Gasteiger partial charge in [0, 0.05) is 28.2 Å². The molecule has 4 amide bonds. The number of aromatic nitrogens is 3. The molecule has 0 bridgehead atoms.